The first-order valence-corrected chi connectivity index (χ1v) is 5.60. The smallest absolute Gasteiger partial charge is 0.356 e. The van der Waals surface area contributed by atoms with Gasteiger partial charge in [-0.25, -0.2) is 9.78 Å². The Morgan fingerprint density at radius 1 is 1.53 bits per heavy atom. The number of rotatable bonds is 3. The molecule has 0 radical (unpaired) electrons. The summed E-state index contributed by atoms with van der Waals surface area (Å²) < 4.78 is 4.54. The highest BCUT2D eigenvalue weighted by Crippen LogP contribution is 2.25. The van der Waals surface area contributed by atoms with Gasteiger partial charge in [0.2, 0.25) is 5.91 Å². The van der Waals surface area contributed by atoms with Gasteiger partial charge in [0, 0.05) is 24.8 Å². The van der Waals surface area contributed by atoms with Crippen LogP contribution in [-0.2, 0) is 14.3 Å². The van der Waals surface area contributed by atoms with E-state index in [1.165, 1.54) is 24.3 Å². The number of nitrogens with zero attached hydrogens (tertiary/aromatic N) is 2. The number of amides is 1. The highest BCUT2D eigenvalue weighted by Gasteiger charge is 2.35. The lowest BCUT2D eigenvalue weighted by Crippen LogP contribution is -2.26. The first kappa shape index (κ1) is 13.0. The minimum absolute atomic E-state index is 0.0365. The monoisotopic (exact) mass is 264 g/mol. The van der Waals surface area contributed by atoms with Crippen LogP contribution in [0.25, 0.3) is 0 Å². The number of aliphatic carboxylic acids is 1. The third-order valence-electron chi connectivity index (χ3n) is 2.92. The number of hydrogen-bond donors (Lipinski definition) is 1. The largest absolute Gasteiger partial charge is 0.481 e. The molecule has 0 saturated carbocycles. The lowest BCUT2D eigenvalue weighted by atomic mass is 10.1. The zero-order valence-corrected chi connectivity index (χ0v) is 10.2. The summed E-state index contributed by atoms with van der Waals surface area (Å²) in [6.45, 7) is 0.0960. The average Bonchev–Trinajstić information content (AvgIpc) is 2.80. The fourth-order valence-corrected chi connectivity index (χ4v) is 1.93. The molecule has 1 amide bonds. The molecule has 1 atom stereocenters. The summed E-state index contributed by atoms with van der Waals surface area (Å²) in [5, 5.41) is 8.91. The number of carboxylic acid groups (broad SMARTS) is 1. The molecule has 7 heteroatoms. The molecule has 19 heavy (non-hydrogen) atoms. The zero-order valence-electron chi connectivity index (χ0n) is 10.2. The van der Waals surface area contributed by atoms with Crippen LogP contribution in [0, 0.1) is 5.92 Å². The van der Waals surface area contributed by atoms with Crippen molar-refractivity contribution >= 4 is 23.5 Å². The average molecular weight is 264 g/mol. The Morgan fingerprint density at radius 3 is 2.84 bits per heavy atom. The van der Waals surface area contributed by atoms with Crippen LogP contribution >= 0.6 is 0 Å². The zero-order chi connectivity index (χ0) is 14.0. The second-order valence-electron chi connectivity index (χ2n) is 4.13. The maximum absolute atomic E-state index is 11.8. The van der Waals surface area contributed by atoms with Gasteiger partial charge in [-0.3, -0.25) is 9.59 Å². The van der Waals surface area contributed by atoms with Gasteiger partial charge < -0.3 is 14.7 Å². The van der Waals surface area contributed by atoms with Crippen molar-refractivity contribution in [3.63, 3.8) is 0 Å². The second kappa shape index (κ2) is 5.05. The Kier molecular flexibility index (Phi) is 3.46. The van der Waals surface area contributed by atoms with E-state index in [4.69, 9.17) is 5.11 Å². The maximum atomic E-state index is 11.8. The molecule has 0 spiro atoms. The molecule has 1 aliphatic heterocycles. The summed E-state index contributed by atoms with van der Waals surface area (Å²) in [7, 11) is 1.23. The fourth-order valence-electron chi connectivity index (χ4n) is 1.93. The van der Waals surface area contributed by atoms with E-state index in [0.717, 1.165) is 0 Å². The van der Waals surface area contributed by atoms with Crippen molar-refractivity contribution in [2.45, 2.75) is 6.42 Å². The number of carboxylic acids is 1. The van der Waals surface area contributed by atoms with Crippen LogP contribution < -0.4 is 4.90 Å². The van der Waals surface area contributed by atoms with Crippen molar-refractivity contribution in [1.29, 1.82) is 0 Å². The van der Waals surface area contributed by atoms with E-state index in [2.05, 4.69) is 9.72 Å². The predicted octanol–water partition coefficient (Wildman–Crippen LogP) is 0.306. The van der Waals surface area contributed by atoms with Gasteiger partial charge in [0.05, 0.1) is 13.0 Å². The summed E-state index contributed by atoms with van der Waals surface area (Å²) in [5.74, 6) is -2.61. The van der Waals surface area contributed by atoms with E-state index in [-0.39, 0.29) is 24.6 Å². The SMILES string of the molecule is COC(=O)c1cc(N2CC(C(=O)O)CC2=O)ccn1. The van der Waals surface area contributed by atoms with Crippen LogP contribution in [0.1, 0.15) is 16.9 Å². The molecule has 0 bridgehead atoms. The van der Waals surface area contributed by atoms with Crippen LogP contribution in [0.15, 0.2) is 18.3 Å². The summed E-state index contributed by atoms with van der Waals surface area (Å²) >= 11 is 0. The molecule has 100 valence electrons. The third kappa shape index (κ3) is 2.54. The van der Waals surface area contributed by atoms with E-state index in [0.29, 0.717) is 5.69 Å². The van der Waals surface area contributed by atoms with Gasteiger partial charge in [-0.1, -0.05) is 0 Å². The predicted molar refractivity (Wildman–Crippen MR) is 63.7 cm³/mol. The third-order valence-corrected chi connectivity index (χ3v) is 2.92. The van der Waals surface area contributed by atoms with Gasteiger partial charge in [0.1, 0.15) is 5.69 Å². The summed E-state index contributed by atoms with van der Waals surface area (Å²) in [4.78, 5) is 39.2. The topological polar surface area (TPSA) is 96.8 Å². The maximum Gasteiger partial charge on any atom is 0.356 e. The Bertz CT molecular complexity index is 543. The second-order valence-corrected chi connectivity index (χ2v) is 4.13. The number of aromatic nitrogens is 1. The van der Waals surface area contributed by atoms with Crippen LogP contribution in [0.3, 0.4) is 0 Å². The Labute approximate surface area is 108 Å². The number of carbonyl (C=O) groups is 3. The number of methoxy groups -OCH3 is 1. The van der Waals surface area contributed by atoms with Crippen molar-refractivity contribution < 1.29 is 24.2 Å². The fraction of sp³-hybridized carbons (Fsp3) is 0.333. The van der Waals surface area contributed by atoms with Crippen LogP contribution in [0.4, 0.5) is 5.69 Å². The summed E-state index contributed by atoms with van der Waals surface area (Å²) in [6, 6.07) is 2.96. The first-order chi connectivity index (χ1) is 9.02. The molecule has 1 aliphatic rings. The van der Waals surface area contributed by atoms with Crippen molar-refractivity contribution in [3.8, 4) is 0 Å². The highest BCUT2D eigenvalue weighted by molar-refractivity contribution is 6.00. The van der Waals surface area contributed by atoms with Gasteiger partial charge in [-0.2, -0.15) is 0 Å². The molecule has 0 aromatic carbocycles. The molecule has 1 saturated heterocycles. The van der Waals surface area contributed by atoms with E-state index in [1.807, 2.05) is 0 Å². The molecule has 1 aromatic heterocycles. The number of hydrogen-bond acceptors (Lipinski definition) is 5. The molecule has 1 aromatic rings. The van der Waals surface area contributed by atoms with Crippen molar-refractivity contribution in [3.05, 3.63) is 24.0 Å². The van der Waals surface area contributed by atoms with Crippen LogP contribution in [0.5, 0.6) is 0 Å². The number of pyridine rings is 1. The summed E-state index contributed by atoms with van der Waals surface area (Å²) in [6.07, 6.45) is 1.34. The molecule has 1 fully saturated rings. The highest BCUT2D eigenvalue weighted by atomic mass is 16.5. The van der Waals surface area contributed by atoms with Gasteiger partial charge in [0.15, 0.2) is 0 Å². The van der Waals surface area contributed by atoms with Crippen LogP contribution in [-0.4, -0.2) is 41.6 Å². The van der Waals surface area contributed by atoms with Crippen molar-refractivity contribution in [2.75, 3.05) is 18.6 Å². The molecular formula is C12H12N2O5. The molecule has 1 unspecified atom stereocenters. The molecule has 1 N–H and O–H groups in total. The quantitative estimate of drug-likeness (QED) is 0.789. The number of carbonyl (C=O) groups excluding carboxylic acids is 2. The molecule has 2 heterocycles. The number of ether oxygens (including phenoxy) is 1. The number of esters is 1. The van der Waals surface area contributed by atoms with Gasteiger partial charge in [-0.05, 0) is 12.1 Å². The van der Waals surface area contributed by atoms with Crippen LogP contribution in [0.2, 0.25) is 0 Å². The Balaban J connectivity index is 2.25. The Morgan fingerprint density at radius 2 is 2.26 bits per heavy atom. The van der Waals surface area contributed by atoms with Crippen molar-refractivity contribution in [2.24, 2.45) is 5.92 Å². The Hall–Kier alpha value is -2.44. The van der Waals surface area contributed by atoms with Gasteiger partial charge in [-0.15, -0.1) is 0 Å². The van der Waals surface area contributed by atoms with E-state index < -0.39 is 17.9 Å². The van der Waals surface area contributed by atoms with Crippen molar-refractivity contribution in [1.82, 2.24) is 4.98 Å². The van der Waals surface area contributed by atoms with E-state index in [1.54, 1.807) is 6.07 Å². The molecule has 2 rings (SSSR count). The minimum atomic E-state index is -1.00. The van der Waals surface area contributed by atoms with Gasteiger partial charge in [0.25, 0.3) is 0 Å². The molecular weight excluding hydrogens is 252 g/mol. The van der Waals surface area contributed by atoms with Gasteiger partial charge >= 0.3 is 11.9 Å². The first-order valence-electron chi connectivity index (χ1n) is 5.60. The lowest BCUT2D eigenvalue weighted by molar-refractivity contribution is -0.141. The van der Waals surface area contributed by atoms with E-state index in [9.17, 15) is 14.4 Å². The number of anilines is 1. The summed E-state index contributed by atoms with van der Waals surface area (Å²) in [5.41, 5.74) is 0.524. The minimum Gasteiger partial charge on any atom is -0.481 e. The molecule has 0 aliphatic carbocycles. The lowest BCUT2D eigenvalue weighted by Gasteiger charge is -2.16. The molecule has 7 nitrogen and oxygen atoms in total. The standard InChI is InChI=1S/C12H12N2O5/c1-19-12(18)9-5-8(2-3-13-9)14-6-7(11(16)17)4-10(14)15/h2-3,5,7H,4,6H2,1H3,(H,16,17). The van der Waals surface area contributed by atoms with E-state index >= 15 is 0 Å². The normalized spacial score (nSPS) is 18.5.